The number of piperidine rings is 1. The molecule has 1 aliphatic carbocycles. The molecule has 2 fully saturated rings. The van der Waals surface area contributed by atoms with Crippen LogP contribution in [0, 0.1) is 12.8 Å². The zero-order valence-electron chi connectivity index (χ0n) is 22.3. The fourth-order valence-electron chi connectivity index (χ4n) is 4.97. The summed E-state index contributed by atoms with van der Waals surface area (Å²) in [5.41, 5.74) is 2.89. The van der Waals surface area contributed by atoms with Crippen LogP contribution >= 0.6 is 12.4 Å². The number of pyridine rings is 1. The highest BCUT2D eigenvalue weighted by atomic mass is 35.5. The summed E-state index contributed by atoms with van der Waals surface area (Å²) in [4.78, 5) is 13.7. The lowest BCUT2D eigenvalue weighted by Crippen LogP contribution is -2.38. The van der Waals surface area contributed by atoms with Crippen LogP contribution in [-0.2, 0) is 10.0 Å². The minimum Gasteiger partial charge on any atom is -0.437 e. The van der Waals surface area contributed by atoms with E-state index in [-0.39, 0.29) is 30.1 Å². The van der Waals surface area contributed by atoms with Gasteiger partial charge in [-0.2, -0.15) is 0 Å². The second-order valence-electron chi connectivity index (χ2n) is 10.4. The molecule has 6 rings (SSSR count). The topological polar surface area (TPSA) is 118 Å². The smallest absolute Gasteiger partial charge is 0.233 e. The molecule has 0 radical (unpaired) electrons. The summed E-state index contributed by atoms with van der Waals surface area (Å²) in [6, 6.07) is 15.3. The molecule has 40 heavy (non-hydrogen) atoms. The van der Waals surface area contributed by atoms with Crippen molar-refractivity contribution in [3.63, 3.8) is 0 Å². The molecule has 1 saturated carbocycles. The van der Waals surface area contributed by atoms with Crippen molar-refractivity contribution in [3.8, 4) is 22.9 Å². The minimum absolute atomic E-state index is 0. The standard InChI is InChI=1S/C29H32N6O3S.ClH/c1-19-9-12-22-23(6-2-8-26(22)35-39(36,37)18-20-10-11-20)27(19)38-28-24(7-4-15-31-28)25-13-16-32-29(34-25)33-21-5-3-14-30-17-21;/h2,4,6-9,12-13,15-16,20-21,30,35H,3,5,10-11,14,17-18H2,1H3,(H,32,33,34);1H. The third-order valence-electron chi connectivity index (χ3n) is 7.16. The number of hydrogen-bond donors (Lipinski definition) is 3. The van der Waals surface area contributed by atoms with E-state index in [9.17, 15) is 8.42 Å². The van der Waals surface area contributed by atoms with Crippen LogP contribution in [0.5, 0.6) is 11.6 Å². The normalized spacial score (nSPS) is 17.2. The number of halogens is 1. The van der Waals surface area contributed by atoms with Crippen molar-refractivity contribution in [2.75, 3.05) is 28.9 Å². The molecule has 2 aromatic carbocycles. The Morgan fingerprint density at radius 3 is 2.67 bits per heavy atom. The van der Waals surface area contributed by atoms with E-state index in [1.807, 2.05) is 49.4 Å². The van der Waals surface area contributed by atoms with E-state index in [4.69, 9.17) is 9.72 Å². The van der Waals surface area contributed by atoms with Crippen LogP contribution < -0.4 is 20.1 Å². The van der Waals surface area contributed by atoms with Crippen molar-refractivity contribution in [1.82, 2.24) is 20.3 Å². The van der Waals surface area contributed by atoms with Crippen molar-refractivity contribution in [1.29, 1.82) is 0 Å². The summed E-state index contributed by atoms with van der Waals surface area (Å²) in [6.45, 7) is 3.89. The molecule has 3 heterocycles. The highest BCUT2D eigenvalue weighted by Gasteiger charge is 2.28. The molecule has 0 spiro atoms. The number of sulfonamides is 1. The molecule has 1 unspecified atom stereocenters. The second kappa shape index (κ2) is 12.0. The number of aromatic nitrogens is 3. The van der Waals surface area contributed by atoms with Gasteiger partial charge in [-0.3, -0.25) is 4.72 Å². The predicted molar refractivity (Wildman–Crippen MR) is 161 cm³/mol. The number of aryl methyl sites for hydroxylation is 1. The van der Waals surface area contributed by atoms with Crippen molar-refractivity contribution in [3.05, 3.63) is 66.5 Å². The summed E-state index contributed by atoms with van der Waals surface area (Å²) in [6.07, 6.45) is 7.56. The van der Waals surface area contributed by atoms with Crippen LogP contribution in [0.15, 0.2) is 60.9 Å². The van der Waals surface area contributed by atoms with Gasteiger partial charge in [-0.25, -0.2) is 23.4 Å². The molecular formula is C29H33ClN6O3S. The predicted octanol–water partition coefficient (Wildman–Crippen LogP) is 5.53. The van der Waals surface area contributed by atoms with E-state index in [1.54, 1.807) is 18.5 Å². The summed E-state index contributed by atoms with van der Waals surface area (Å²) in [5, 5.41) is 8.40. The third kappa shape index (κ3) is 6.46. The maximum absolute atomic E-state index is 12.7. The summed E-state index contributed by atoms with van der Waals surface area (Å²) >= 11 is 0. The number of ether oxygens (including phenoxy) is 1. The lowest BCUT2D eigenvalue weighted by atomic mass is 10.0. The molecule has 11 heteroatoms. The van der Waals surface area contributed by atoms with Gasteiger partial charge in [0, 0.05) is 35.8 Å². The van der Waals surface area contributed by atoms with E-state index >= 15 is 0 Å². The second-order valence-corrected chi connectivity index (χ2v) is 12.1. The molecule has 3 N–H and O–H groups in total. The first-order valence-electron chi connectivity index (χ1n) is 13.4. The highest BCUT2D eigenvalue weighted by molar-refractivity contribution is 7.92. The maximum atomic E-state index is 12.7. The fraction of sp³-hybridized carbons (Fsp3) is 0.345. The molecule has 4 aromatic rings. The SMILES string of the molecule is Cc1ccc2c(NS(=O)(=O)CC3CC3)cccc2c1Oc1ncccc1-c1ccnc(NC2CCCNC2)n1.Cl. The van der Waals surface area contributed by atoms with Crippen LogP contribution in [0.2, 0.25) is 0 Å². The number of fused-ring (bicyclic) bond motifs is 1. The Morgan fingerprint density at radius 1 is 1.00 bits per heavy atom. The molecule has 1 aliphatic heterocycles. The summed E-state index contributed by atoms with van der Waals surface area (Å²) < 4.78 is 34.7. The zero-order valence-corrected chi connectivity index (χ0v) is 23.9. The Bertz CT molecular complexity index is 1610. The molecule has 0 amide bonds. The van der Waals surface area contributed by atoms with Crippen LogP contribution in [0.1, 0.15) is 31.2 Å². The molecule has 2 aromatic heterocycles. The van der Waals surface area contributed by atoms with Crippen molar-refractivity contribution in [2.45, 2.75) is 38.6 Å². The van der Waals surface area contributed by atoms with Crippen molar-refractivity contribution < 1.29 is 13.2 Å². The lowest BCUT2D eigenvalue weighted by Gasteiger charge is -2.23. The first kappa shape index (κ1) is 28.1. The van der Waals surface area contributed by atoms with Gasteiger partial charge >= 0.3 is 0 Å². The van der Waals surface area contributed by atoms with Crippen LogP contribution in [0.3, 0.4) is 0 Å². The Hall–Kier alpha value is -3.47. The summed E-state index contributed by atoms with van der Waals surface area (Å²) in [7, 11) is -3.43. The molecule has 0 bridgehead atoms. The number of nitrogens with one attached hydrogen (secondary N) is 3. The van der Waals surface area contributed by atoms with Gasteiger partial charge in [0.15, 0.2) is 0 Å². The monoisotopic (exact) mass is 580 g/mol. The van der Waals surface area contributed by atoms with Gasteiger partial charge in [0.1, 0.15) is 5.75 Å². The Labute approximate surface area is 240 Å². The van der Waals surface area contributed by atoms with Crippen LogP contribution in [0.25, 0.3) is 22.0 Å². The van der Waals surface area contributed by atoms with Gasteiger partial charge in [0.25, 0.3) is 0 Å². The Morgan fingerprint density at radius 2 is 1.88 bits per heavy atom. The number of hydrogen-bond acceptors (Lipinski definition) is 8. The van der Waals surface area contributed by atoms with Gasteiger partial charge in [-0.15, -0.1) is 12.4 Å². The number of anilines is 2. The average Bonchev–Trinajstić information content (AvgIpc) is 3.74. The highest BCUT2D eigenvalue weighted by Crippen LogP contribution is 2.39. The van der Waals surface area contributed by atoms with E-state index < -0.39 is 10.0 Å². The van der Waals surface area contributed by atoms with E-state index in [0.717, 1.165) is 60.7 Å². The number of nitrogens with zero attached hydrogens (tertiary/aromatic N) is 3. The molecular weight excluding hydrogens is 548 g/mol. The number of benzene rings is 2. The first-order valence-corrected chi connectivity index (χ1v) is 15.1. The molecule has 210 valence electrons. The average molecular weight is 581 g/mol. The fourth-order valence-corrected chi connectivity index (χ4v) is 6.52. The van der Waals surface area contributed by atoms with Crippen LogP contribution in [-0.4, -0.2) is 48.3 Å². The molecule has 1 saturated heterocycles. The van der Waals surface area contributed by atoms with E-state index in [2.05, 4.69) is 25.3 Å². The number of rotatable bonds is 9. The van der Waals surface area contributed by atoms with Gasteiger partial charge in [-0.05, 0) is 74.9 Å². The van der Waals surface area contributed by atoms with E-state index in [0.29, 0.717) is 29.0 Å². The zero-order chi connectivity index (χ0) is 26.8. The first-order chi connectivity index (χ1) is 18.9. The van der Waals surface area contributed by atoms with Crippen molar-refractivity contribution >= 4 is 44.8 Å². The van der Waals surface area contributed by atoms with Gasteiger partial charge in [-0.1, -0.05) is 24.3 Å². The molecule has 1 atom stereocenters. The lowest BCUT2D eigenvalue weighted by molar-refractivity contribution is 0.466. The van der Waals surface area contributed by atoms with Crippen LogP contribution in [0.4, 0.5) is 11.6 Å². The minimum atomic E-state index is -3.43. The molecule has 2 aliphatic rings. The van der Waals surface area contributed by atoms with E-state index in [1.165, 1.54) is 0 Å². The van der Waals surface area contributed by atoms with Gasteiger partial charge in [0.2, 0.25) is 21.9 Å². The van der Waals surface area contributed by atoms with Crippen molar-refractivity contribution in [2.24, 2.45) is 5.92 Å². The Balaban J connectivity index is 0.00000323. The van der Waals surface area contributed by atoms with Gasteiger partial charge < -0.3 is 15.4 Å². The maximum Gasteiger partial charge on any atom is 0.233 e. The van der Waals surface area contributed by atoms with Gasteiger partial charge in [0.05, 0.1) is 22.7 Å². The Kier molecular flexibility index (Phi) is 8.39. The molecule has 9 nitrogen and oxygen atoms in total. The largest absolute Gasteiger partial charge is 0.437 e. The third-order valence-corrected chi connectivity index (χ3v) is 8.60. The summed E-state index contributed by atoms with van der Waals surface area (Å²) in [5.74, 6) is 2.02. The quantitative estimate of drug-likeness (QED) is 0.236.